The predicted molar refractivity (Wildman–Crippen MR) is 122 cm³/mol. The Morgan fingerprint density at radius 2 is 1.52 bits per heavy atom. The average molecular weight is 433 g/mol. The first kappa shape index (κ1) is 26.7. The Labute approximate surface area is 185 Å². The lowest BCUT2D eigenvalue weighted by atomic mass is 9.78. The standard InChI is InChI=1S/C22H23F3N2.2C2H6/c1-21(9-12-26)10-13-27(14-11-21)16-17-5-7-18(8-6-17)19-3-2-4-20(15-19)22(23,24)25;2*1-2/h2-8,15H,9-11,13-14,16H2,1H3;2*1-2H3. The van der Waals surface area contributed by atoms with E-state index < -0.39 is 11.7 Å². The summed E-state index contributed by atoms with van der Waals surface area (Å²) in [6.07, 6.45) is -1.69. The summed E-state index contributed by atoms with van der Waals surface area (Å²) in [6, 6.07) is 15.4. The Bertz CT molecular complexity index is 812. The largest absolute Gasteiger partial charge is 0.416 e. The molecule has 0 spiro atoms. The van der Waals surface area contributed by atoms with Crippen molar-refractivity contribution in [1.82, 2.24) is 4.90 Å². The number of nitriles is 1. The highest BCUT2D eigenvalue weighted by atomic mass is 19.4. The van der Waals surface area contributed by atoms with Crippen molar-refractivity contribution in [3.63, 3.8) is 0 Å². The summed E-state index contributed by atoms with van der Waals surface area (Å²) >= 11 is 0. The fourth-order valence-electron chi connectivity index (χ4n) is 3.55. The highest BCUT2D eigenvalue weighted by Crippen LogP contribution is 2.35. The molecular weight excluding hydrogens is 397 g/mol. The van der Waals surface area contributed by atoms with Crippen molar-refractivity contribution in [2.24, 2.45) is 5.41 Å². The molecule has 2 aromatic carbocycles. The van der Waals surface area contributed by atoms with E-state index in [2.05, 4.69) is 17.9 Å². The van der Waals surface area contributed by atoms with Gasteiger partial charge in [0.05, 0.1) is 11.6 Å². The summed E-state index contributed by atoms with van der Waals surface area (Å²) in [5.41, 5.74) is 2.00. The van der Waals surface area contributed by atoms with Gasteiger partial charge >= 0.3 is 6.18 Å². The Morgan fingerprint density at radius 1 is 0.935 bits per heavy atom. The van der Waals surface area contributed by atoms with Crippen LogP contribution < -0.4 is 0 Å². The molecule has 5 heteroatoms. The molecule has 1 saturated heterocycles. The fourth-order valence-corrected chi connectivity index (χ4v) is 3.55. The van der Waals surface area contributed by atoms with E-state index in [0.29, 0.717) is 12.0 Å². The van der Waals surface area contributed by atoms with E-state index in [0.717, 1.165) is 49.7 Å². The lowest BCUT2D eigenvalue weighted by Gasteiger charge is -2.38. The Hall–Kier alpha value is -2.32. The fraction of sp³-hybridized carbons (Fsp3) is 0.500. The first-order chi connectivity index (χ1) is 14.8. The van der Waals surface area contributed by atoms with Gasteiger partial charge in [-0.1, -0.05) is 71.0 Å². The third-order valence-electron chi connectivity index (χ3n) is 5.45. The molecule has 0 radical (unpaired) electrons. The zero-order valence-corrected chi connectivity index (χ0v) is 19.4. The second kappa shape index (κ2) is 12.5. The monoisotopic (exact) mass is 432 g/mol. The molecule has 0 unspecified atom stereocenters. The molecule has 0 bridgehead atoms. The highest BCUT2D eigenvalue weighted by molar-refractivity contribution is 5.64. The number of alkyl halides is 3. The van der Waals surface area contributed by atoms with E-state index in [1.54, 1.807) is 6.07 Å². The van der Waals surface area contributed by atoms with Gasteiger partial charge in [0.15, 0.2) is 0 Å². The maximum absolute atomic E-state index is 12.9. The number of piperidine rings is 1. The van der Waals surface area contributed by atoms with Gasteiger partial charge in [0.1, 0.15) is 0 Å². The van der Waals surface area contributed by atoms with Gasteiger partial charge in [0.25, 0.3) is 0 Å². The van der Waals surface area contributed by atoms with Crippen molar-refractivity contribution >= 4 is 0 Å². The minimum atomic E-state index is -4.33. The first-order valence-electron chi connectivity index (χ1n) is 11.1. The summed E-state index contributed by atoms with van der Waals surface area (Å²) < 4.78 is 38.7. The molecule has 0 aliphatic carbocycles. The quantitative estimate of drug-likeness (QED) is 0.490. The molecule has 0 aromatic heterocycles. The number of benzene rings is 2. The zero-order chi connectivity index (χ0) is 23.5. The molecule has 1 aliphatic heterocycles. The van der Waals surface area contributed by atoms with E-state index in [1.807, 2.05) is 52.0 Å². The van der Waals surface area contributed by atoms with Gasteiger partial charge in [-0.15, -0.1) is 0 Å². The van der Waals surface area contributed by atoms with Gasteiger partial charge in [-0.05, 0) is 60.2 Å². The molecule has 3 rings (SSSR count). The smallest absolute Gasteiger partial charge is 0.299 e. The third kappa shape index (κ3) is 8.03. The lowest BCUT2D eigenvalue weighted by molar-refractivity contribution is -0.137. The number of halogens is 3. The minimum Gasteiger partial charge on any atom is -0.299 e. The summed E-state index contributed by atoms with van der Waals surface area (Å²) in [7, 11) is 0. The number of hydrogen-bond acceptors (Lipinski definition) is 2. The van der Waals surface area contributed by atoms with E-state index >= 15 is 0 Å². The van der Waals surface area contributed by atoms with Gasteiger partial charge in [0.2, 0.25) is 0 Å². The van der Waals surface area contributed by atoms with E-state index in [-0.39, 0.29) is 5.41 Å². The van der Waals surface area contributed by atoms with E-state index in [1.165, 1.54) is 12.1 Å². The summed E-state index contributed by atoms with van der Waals surface area (Å²) in [6.45, 7) is 12.9. The van der Waals surface area contributed by atoms with Crippen LogP contribution in [0.5, 0.6) is 0 Å². The van der Waals surface area contributed by atoms with Gasteiger partial charge in [-0.2, -0.15) is 18.4 Å². The number of hydrogen-bond donors (Lipinski definition) is 0. The molecule has 2 aromatic rings. The van der Waals surface area contributed by atoms with Crippen LogP contribution in [0.4, 0.5) is 13.2 Å². The van der Waals surface area contributed by atoms with Crippen LogP contribution in [0.2, 0.25) is 0 Å². The van der Waals surface area contributed by atoms with E-state index in [9.17, 15) is 13.2 Å². The van der Waals surface area contributed by atoms with Gasteiger partial charge in [0, 0.05) is 13.0 Å². The molecule has 0 saturated carbocycles. The normalized spacial score (nSPS) is 15.6. The topological polar surface area (TPSA) is 27.0 Å². The van der Waals surface area contributed by atoms with Crippen LogP contribution in [-0.4, -0.2) is 18.0 Å². The Balaban J connectivity index is 0.00000113. The number of likely N-dealkylation sites (tertiary alicyclic amines) is 1. The predicted octanol–water partition coefficient (Wildman–Crippen LogP) is 7.94. The Morgan fingerprint density at radius 3 is 2.03 bits per heavy atom. The lowest BCUT2D eigenvalue weighted by Crippen LogP contribution is -2.38. The van der Waals surface area contributed by atoms with Crippen molar-refractivity contribution in [2.75, 3.05) is 13.1 Å². The molecule has 1 aliphatic rings. The summed E-state index contributed by atoms with van der Waals surface area (Å²) in [5.74, 6) is 0. The van der Waals surface area contributed by atoms with Gasteiger partial charge in [-0.25, -0.2) is 0 Å². The van der Waals surface area contributed by atoms with Crippen molar-refractivity contribution in [3.8, 4) is 17.2 Å². The molecule has 1 fully saturated rings. The van der Waals surface area contributed by atoms with Crippen molar-refractivity contribution in [1.29, 1.82) is 5.26 Å². The second-order valence-corrected chi connectivity index (χ2v) is 7.70. The van der Waals surface area contributed by atoms with Crippen LogP contribution >= 0.6 is 0 Å². The number of nitrogens with zero attached hydrogens (tertiary/aromatic N) is 2. The molecule has 0 amide bonds. The average Bonchev–Trinajstić information content (AvgIpc) is 2.78. The van der Waals surface area contributed by atoms with Crippen molar-refractivity contribution < 1.29 is 13.2 Å². The van der Waals surface area contributed by atoms with Crippen molar-refractivity contribution in [2.45, 2.75) is 66.6 Å². The zero-order valence-electron chi connectivity index (χ0n) is 19.4. The molecule has 31 heavy (non-hydrogen) atoms. The molecule has 170 valence electrons. The molecule has 0 N–H and O–H groups in total. The molecular formula is C26H35F3N2. The van der Waals surface area contributed by atoms with E-state index in [4.69, 9.17) is 5.26 Å². The SMILES string of the molecule is CC.CC.CC1(CC#N)CCN(Cc2ccc(-c3cccc(C(F)(F)F)c3)cc2)CC1. The van der Waals surface area contributed by atoms with Crippen molar-refractivity contribution in [3.05, 3.63) is 59.7 Å². The first-order valence-corrected chi connectivity index (χ1v) is 11.1. The van der Waals surface area contributed by atoms with Crippen LogP contribution in [0, 0.1) is 16.7 Å². The molecule has 0 atom stereocenters. The molecule has 2 nitrogen and oxygen atoms in total. The Kier molecular flexibility index (Phi) is 10.8. The van der Waals surface area contributed by atoms with Crippen LogP contribution in [0.3, 0.4) is 0 Å². The summed E-state index contributed by atoms with van der Waals surface area (Å²) in [4.78, 5) is 2.37. The minimum absolute atomic E-state index is 0.124. The maximum atomic E-state index is 12.9. The van der Waals surface area contributed by atoms with Crippen LogP contribution in [0.1, 0.15) is 65.0 Å². The van der Waals surface area contributed by atoms with Crippen LogP contribution in [0.25, 0.3) is 11.1 Å². The molecule has 1 heterocycles. The van der Waals surface area contributed by atoms with Gasteiger partial charge < -0.3 is 0 Å². The number of rotatable bonds is 4. The van der Waals surface area contributed by atoms with Crippen LogP contribution in [-0.2, 0) is 12.7 Å². The third-order valence-corrected chi connectivity index (χ3v) is 5.45. The van der Waals surface area contributed by atoms with Crippen LogP contribution in [0.15, 0.2) is 48.5 Å². The summed E-state index contributed by atoms with van der Waals surface area (Å²) in [5, 5.41) is 8.94. The highest BCUT2D eigenvalue weighted by Gasteiger charge is 2.31. The van der Waals surface area contributed by atoms with Gasteiger partial charge in [-0.3, -0.25) is 4.90 Å². The maximum Gasteiger partial charge on any atom is 0.416 e. The second-order valence-electron chi connectivity index (χ2n) is 7.70.